The molecular weight excluding hydrogens is 326 g/mol. The van der Waals surface area contributed by atoms with Gasteiger partial charge in [0, 0.05) is 11.6 Å². The number of fused-ring (bicyclic) bond motifs is 1. The molecular formula is C14H8F6N2O. The lowest BCUT2D eigenvalue weighted by Crippen LogP contribution is -2.46. The number of hydrogen-bond acceptors (Lipinski definition) is 3. The number of rotatable bonds is 2. The van der Waals surface area contributed by atoms with Gasteiger partial charge in [-0.1, -0.05) is 11.6 Å². The Bertz CT molecular complexity index is 762. The van der Waals surface area contributed by atoms with Crippen molar-refractivity contribution in [2.45, 2.75) is 25.4 Å². The minimum Gasteiger partial charge on any atom is -0.469 e. The van der Waals surface area contributed by atoms with Crippen LogP contribution < -0.4 is 4.74 Å². The fraction of sp³-hybridized carbons (Fsp3) is 0.286. The number of aromatic nitrogens is 1. The summed E-state index contributed by atoms with van der Waals surface area (Å²) in [6.45, 7) is 1.59. The van der Waals surface area contributed by atoms with Crippen molar-refractivity contribution in [3.63, 3.8) is 0 Å². The van der Waals surface area contributed by atoms with Crippen molar-refractivity contribution in [1.29, 1.82) is 5.26 Å². The van der Waals surface area contributed by atoms with E-state index < -0.39 is 29.8 Å². The zero-order valence-corrected chi connectivity index (χ0v) is 11.5. The molecule has 0 N–H and O–H groups in total. The van der Waals surface area contributed by atoms with Gasteiger partial charge in [0.25, 0.3) is 6.10 Å². The lowest BCUT2D eigenvalue weighted by atomic mass is 10.1. The summed E-state index contributed by atoms with van der Waals surface area (Å²) in [5.74, 6) is -0.791. The van der Waals surface area contributed by atoms with Gasteiger partial charge in [-0.2, -0.15) is 31.6 Å². The molecule has 0 amide bonds. The molecule has 0 saturated heterocycles. The number of alkyl halides is 6. The number of pyridine rings is 1. The standard InChI is InChI=1S/C14H8F6N2O/c1-7-2-3-10-9(4-7)11(8(5-21)6-22-10)23-12(13(15,16)17)14(18,19)20/h2-4,6,12H,1H3. The van der Waals surface area contributed by atoms with Gasteiger partial charge in [-0.3, -0.25) is 4.98 Å². The fourth-order valence-electron chi connectivity index (χ4n) is 1.93. The van der Waals surface area contributed by atoms with Crippen molar-refractivity contribution < 1.29 is 31.1 Å². The Hall–Kier alpha value is -2.50. The monoisotopic (exact) mass is 334 g/mol. The van der Waals surface area contributed by atoms with Crippen molar-refractivity contribution in [3.8, 4) is 11.8 Å². The highest BCUT2D eigenvalue weighted by molar-refractivity contribution is 5.87. The number of aryl methyl sites for hydroxylation is 1. The normalized spacial score (nSPS) is 12.5. The summed E-state index contributed by atoms with van der Waals surface area (Å²) in [6.07, 6.45) is -14.5. The second-order valence-electron chi connectivity index (χ2n) is 4.71. The molecule has 2 aromatic rings. The predicted molar refractivity (Wildman–Crippen MR) is 67.7 cm³/mol. The quantitative estimate of drug-likeness (QED) is 0.770. The Morgan fingerprint density at radius 1 is 1.13 bits per heavy atom. The number of ether oxygens (including phenoxy) is 1. The predicted octanol–water partition coefficient (Wildman–Crippen LogP) is 4.29. The molecule has 122 valence electrons. The molecule has 0 aliphatic rings. The molecule has 1 aromatic carbocycles. The van der Waals surface area contributed by atoms with E-state index in [9.17, 15) is 26.3 Å². The van der Waals surface area contributed by atoms with Crippen molar-refractivity contribution in [2.75, 3.05) is 0 Å². The van der Waals surface area contributed by atoms with Gasteiger partial charge in [-0.25, -0.2) is 0 Å². The number of nitrogens with zero attached hydrogens (tertiary/aromatic N) is 2. The van der Waals surface area contributed by atoms with Crippen LogP contribution in [0.5, 0.6) is 5.75 Å². The molecule has 9 heteroatoms. The maximum atomic E-state index is 12.7. The van der Waals surface area contributed by atoms with Crippen LogP contribution in [-0.4, -0.2) is 23.4 Å². The van der Waals surface area contributed by atoms with Crippen LogP contribution in [0.3, 0.4) is 0 Å². The molecule has 0 saturated carbocycles. The van der Waals surface area contributed by atoms with Crippen molar-refractivity contribution in [3.05, 3.63) is 35.5 Å². The number of hydrogen-bond donors (Lipinski definition) is 0. The molecule has 1 aromatic heterocycles. The van der Waals surface area contributed by atoms with Crippen LogP contribution in [-0.2, 0) is 0 Å². The summed E-state index contributed by atoms with van der Waals surface area (Å²) in [5, 5.41) is 8.84. The van der Waals surface area contributed by atoms with E-state index in [-0.39, 0.29) is 10.9 Å². The first-order valence-electron chi connectivity index (χ1n) is 6.13. The minimum absolute atomic E-state index is 0.0949. The third-order valence-electron chi connectivity index (χ3n) is 2.92. The van der Waals surface area contributed by atoms with Gasteiger partial charge >= 0.3 is 12.4 Å². The highest BCUT2D eigenvalue weighted by Crippen LogP contribution is 2.39. The van der Waals surface area contributed by atoms with Crippen molar-refractivity contribution in [1.82, 2.24) is 4.98 Å². The van der Waals surface area contributed by atoms with E-state index in [4.69, 9.17) is 5.26 Å². The Morgan fingerprint density at radius 2 is 1.74 bits per heavy atom. The largest absolute Gasteiger partial charge is 0.469 e. The molecule has 0 atom stereocenters. The molecule has 0 fully saturated rings. The summed E-state index contributed by atoms with van der Waals surface area (Å²) < 4.78 is 80.3. The molecule has 0 radical (unpaired) electrons. The van der Waals surface area contributed by atoms with Crippen LogP contribution in [0.1, 0.15) is 11.1 Å². The Balaban J connectivity index is 2.66. The first kappa shape index (κ1) is 16.9. The van der Waals surface area contributed by atoms with Crippen molar-refractivity contribution >= 4 is 10.9 Å². The molecule has 1 heterocycles. The van der Waals surface area contributed by atoms with Gasteiger partial charge in [0.15, 0.2) is 0 Å². The summed E-state index contributed by atoms with van der Waals surface area (Å²) >= 11 is 0. The lowest BCUT2D eigenvalue weighted by molar-refractivity contribution is -0.299. The number of halogens is 6. The second-order valence-corrected chi connectivity index (χ2v) is 4.71. The molecule has 23 heavy (non-hydrogen) atoms. The smallest absolute Gasteiger partial charge is 0.434 e. The van der Waals surface area contributed by atoms with Crippen LogP contribution in [0.25, 0.3) is 10.9 Å². The average Bonchev–Trinajstić information content (AvgIpc) is 2.41. The zero-order chi connectivity index (χ0) is 17.4. The zero-order valence-electron chi connectivity index (χ0n) is 11.5. The van der Waals surface area contributed by atoms with Crippen LogP contribution in [0, 0.1) is 18.3 Å². The molecule has 2 rings (SSSR count). The van der Waals surface area contributed by atoms with Crippen LogP contribution in [0.2, 0.25) is 0 Å². The van der Waals surface area contributed by atoms with E-state index in [1.165, 1.54) is 18.2 Å². The van der Waals surface area contributed by atoms with E-state index in [1.54, 1.807) is 13.0 Å². The van der Waals surface area contributed by atoms with Gasteiger partial charge < -0.3 is 4.74 Å². The second kappa shape index (κ2) is 5.61. The topological polar surface area (TPSA) is 45.9 Å². The van der Waals surface area contributed by atoms with E-state index >= 15 is 0 Å². The van der Waals surface area contributed by atoms with Gasteiger partial charge in [-0.15, -0.1) is 0 Å². The highest BCUT2D eigenvalue weighted by Gasteiger charge is 2.59. The summed E-state index contributed by atoms with van der Waals surface area (Å²) in [4.78, 5) is 3.82. The van der Waals surface area contributed by atoms with E-state index in [2.05, 4.69) is 9.72 Å². The summed E-state index contributed by atoms with van der Waals surface area (Å²) in [7, 11) is 0. The first-order chi connectivity index (χ1) is 10.5. The molecule has 0 unspecified atom stereocenters. The third kappa shape index (κ3) is 3.47. The minimum atomic E-state index is -5.68. The van der Waals surface area contributed by atoms with E-state index in [0.29, 0.717) is 5.56 Å². The molecule has 0 aliphatic heterocycles. The van der Waals surface area contributed by atoms with Gasteiger partial charge in [0.2, 0.25) is 0 Å². The molecule has 3 nitrogen and oxygen atoms in total. The summed E-state index contributed by atoms with van der Waals surface area (Å²) in [5.41, 5.74) is 0.170. The maximum absolute atomic E-state index is 12.7. The number of nitriles is 1. The lowest BCUT2D eigenvalue weighted by Gasteiger charge is -2.24. The van der Waals surface area contributed by atoms with Gasteiger partial charge in [0.1, 0.15) is 17.4 Å². The van der Waals surface area contributed by atoms with Gasteiger partial charge in [-0.05, 0) is 19.1 Å². The molecule has 0 aliphatic carbocycles. The van der Waals surface area contributed by atoms with Crippen LogP contribution >= 0.6 is 0 Å². The molecule has 0 spiro atoms. The Labute approximate surface area is 126 Å². The van der Waals surface area contributed by atoms with Crippen molar-refractivity contribution in [2.24, 2.45) is 0 Å². The average molecular weight is 334 g/mol. The first-order valence-corrected chi connectivity index (χ1v) is 6.13. The fourth-order valence-corrected chi connectivity index (χ4v) is 1.93. The molecule has 0 bridgehead atoms. The third-order valence-corrected chi connectivity index (χ3v) is 2.92. The maximum Gasteiger partial charge on any atom is 0.434 e. The Kier molecular flexibility index (Phi) is 4.11. The van der Waals surface area contributed by atoms with E-state index in [1.807, 2.05) is 0 Å². The van der Waals surface area contributed by atoms with Crippen LogP contribution in [0.15, 0.2) is 24.4 Å². The van der Waals surface area contributed by atoms with E-state index in [0.717, 1.165) is 6.20 Å². The highest BCUT2D eigenvalue weighted by atomic mass is 19.4. The summed E-state index contributed by atoms with van der Waals surface area (Å²) in [6, 6.07) is 5.79. The Morgan fingerprint density at radius 3 is 2.26 bits per heavy atom. The SMILES string of the molecule is Cc1ccc2ncc(C#N)c(OC(C(F)(F)F)C(F)(F)F)c2c1. The number of benzene rings is 1. The van der Waals surface area contributed by atoms with Gasteiger partial charge in [0.05, 0.1) is 5.52 Å². The van der Waals surface area contributed by atoms with Crippen LogP contribution in [0.4, 0.5) is 26.3 Å².